The fourth-order valence-electron chi connectivity index (χ4n) is 2.65. The Balaban J connectivity index is 1.73. The number of benzene rings is 2. The molecule has 2 aromatic rings. The van der Waals surface area contributed by atoms with Crippen LogP contribution in [-0.4, -0.2) is 6.54 Å². The monoisotopic (exact) mass is 241 g/mol. The van der Waals surface area contributed by atoms with E-state index in [1.165, 1.54) is 17.3 Å². The Morgan fingerprint density at radius 1 is 1.11 bits per heavy atom. The van der Waals surface area contributed by atoms with Crippen molar-refractivity contribution in [3.63, 3.8) is 0 Å². The van der Waals surface area contributed by atoms with Crippen molar-refractivity contribution in [3.8, 4) is 0 Å². The number of anilines is 1. The summed E-state index contributed by atoms with van der Waals surface area (Å²) < 4.78 is 13.1. The topological polar surface area (TPSA) is 12.0 Å². The fourth-order valence-corrected chi connectivity index (χ4v) is 2.65. The number of hydrogen-bond donors (Lipinski definition) is 1. The molecule has 1 heterocycles. The number of fused-ring (bicyclic) bond motifs is 1. The summed E-state index contributed by atoms with van der Waals surface area (Å²) in [6.07, 6.45) is 2.00. The van der Waals surface area contributed by atoms with Crippen LogP contribution in [0.25, 0.3) is 0 Å². The third kappa shape index (κ3) is 2.37. The third-order valence-electron chi connectivity index (χ3n) is 3.52. The van der Waals surface area contributed by atoms with Gasteiger partial charge in [-0.15, -0.1) is 0 Å². The van der Waals surface area contributed by atoms with Gasteiger partial charge in [-0.1, -0.05) is 30.3 Å². The van der Waals surface area contributed by atoms with Gasteiger partial charge in [0.05, 0.1) is 0 Å². The quantitative estimate of drug-likeness (QED) is 0.846. The molecular formula is C16H16FN. The summed E-state index contributed by atoms with van der Waals surface area (Å²) in [7, 11) is 0. The summed E-state index contributed by atoms with van der Waals surface area (Å²) in [5, 5.41) is 3.45. The molecular weight excluding hydrogens is 225 g/mol. The molecule has 2 aromatic carbocycles. The molecule has 0 spiro atoms. The van der Waals surface area contributed by atoms with E-state index < -0.39 is 0 Å². The van der Waals surface area contributed by atoms with Crippen LogP contribution in [0, 0.1) is 11.7 Å². The maximum Gasteiger partial charge on any atom is 0.123 e. The Morgan fingerprint density at radius 2 is 2.00 bits per heavy atom. The fraction of sp³-hybridized carbons (Fsp3) is 0.250. The lowest BCUT2D eigenvalue weighted by atomic mass is 9.89. The van der Waals surface area contributed by atoms with Gasteiger partial charge in [0.1, 0.15) is 5.82 Å². The molecule has 1 nitrogen and oxygen atoms in total. The third-order valence-corrected chi connectivity index (χ3v) is 3.52. The predicted octanol–water partition coefficient (Wildman–Crippen LogP) is 3.65. The molecule has 18 heavy (non-hydrogen) atoms. The number of nitrogens with one attached hydrogen (secondary N) is 1. The zero-order valence-electron chi connectivity index (χ0n) is 10.2. The minimum absolute atomic E-state index is 0.142. The molecule has 1 unspecified atom stereocenters. The van der Waals surface area contributed by atoms with Crippen LogP contribution in [0.4, 0.5) is 10.1 Å². The maximum absolute atomic E-state index is 13.1. The molecule has 0 aliphatic carbocycles. The van der Waals surface area contributed by atoms with E-state index in [0.717, 1.165) is 24.9 Å². The van der Waals surface area contributed by atoms with E-state index in [0.29, 0.717) is 5.92 Å². The van der Waals surface area contributed by atoms with E-state index in [1.807, 2.05) is 6.07 Å². The largest absolute Gasteiger partial charge is 0.385 e. The van der Waals surface area contributed by atoms with Crippen LogP contribution >= 0.6 is 0 Å². The zero-order chi connectivity index (χ0) is 12.4. The highest BCUT2D eigenvalue weighted by molar-refractivity contribution is 5.53. The van der Waals surface area contributed by atoms with Crippen LogP contribution in [0.5, 0.6) is 0 Å². The average Bonchev–Trinajstić information content (AvgIpc) is 2.39. The summed E-state index contributed by atoms with van der Waals surface area (Å²) in [6.45, 7) is 0.966. The molecule has 1 N–H and O–H groups in total. The Labute approximate surface area is 107 Å². The van der Waals surface area contributed by atoms with E-state index in [-0.39, 0.29) is 5.82 Å². The van der Waals surface area contributed by atoms with Gasteiger partial charge in [-0.05, 0) is 48.1 Å². The lowest BCUT2D eigenvalue weighted by Gasteiger charge is -2.26. The van der Waals surface area contributed by atoms with Crippen molar-refractivity contribution in [1.82, 2.24) is 0 Å². The van der Waals surface area contributed by atoms with E-state index in [1.54, 1.807) is 12.1 Å². The van der Waals surface area contributed by atoms with Crippen molar-refractivity contribution in [2.24, 2.45) is 5.92 Å². The molecule has 1 aliphatic heterocycles. The molecule has 0 saturated carbocycles. The Morgan fingerprint density at radius 3 is 2.89 bits per heavy atom. The molecule has 0 saturated heterocycles. The first-order valence-corrected chi connectivity index (χ1v) is 6.37. The lowest BCUT2D eigenvalue weighted by molar-refractivity contribution is 0.532. The molecule has 0 radical (unpaired) electrons. The second kappa shape index (κ2) is 4.81. The summed E-state index contributed by atoms with van der Waals surface area (Å²) in [6, 6.07) is 15.3. The molecule has 1 atom stereocenters. The van der Waals surface area contributed by atoms with Crippen molar-refractivity contribution in [3.05, 3.63) is 65.5 Å². The van der Waals surface area contributed by atoms with Crippen molar-refractivity contribution >= 4 is 5.69 Å². The first-order valence-electron chi connectivity index (χ1n) is 6.37. The van der Waals surface area contributed by atoms with Crippen LogP contribution < -0.4 is 5.32 Å². The minimum Gasteiger partial charge on any atom is -0.385 e. The maximum atomic E-state index is 13.1. The van der Waals surface area contributed by atoms with Gasteiger partial charge in [-0.25, -0.2) is 4.39 Å². The van der Waals surface area contributed by atoms with Gasteiger partial charge in [0.25, 0.3) is 0 Å². The average molecular weight is 241 g/mol. The zero-order valence-corrected chi connectivity index (χ0v) is 10.2. The second-order valence-electron chi connectivity index (χ2n) is 4.94. The number of rotatable bonds is 2. The van der Waals surface area contributed by atoms with E-state index in [4.69, 9.17) is 0 Å². The van der Waals surface area contributed by atoms with Crippen molar-refractivity contribution in [2.45, 2.75) is 12.8 Å². The molecule has 2 heteroatoms. The first kappa shape index (κ1) is 11.3. The molecule has 0 fully saturated rings. The van der Waals surface area contributed by atoms with Gasteiger partial charge in [0.15, 0.2) is 0 Å². The number of halogens is 1. The number of para-hydroxylation sites is 1. The highest BCUT2D eigenvalue weighted by Crippen LogP contribution is 2.26. The van der Waals surface area contributed by atoms with Crippen molar-refractivity contribution in [1.29, 1.82) is 0 Å². The van der Waals surface area contributed by atoms with E-state index >= 15 is 0 Å². The SMILES string of the molecule is Fc1cccc(CC2CNc3ccccc3C2)c1. The van der Waals surface area contributed by atoms with Crippen molar-refractivity contribution < 1.29 is 4.39 Å². The van der Waals surface area contributed by atoms with E-state index in [2.05, 4.69) is 29.6 Å². The van der Waals surface area contributed by atoms with Crippen LogP contribution in [-0.2, 0) is 12.8 Å². The Bertz CT molecular complexity index is 550. The van der Waals surface area contributed by atoms with Gasteiger partial charge >= 0.3 is 0 Å². The van der Waals surface area contributed by atoms with Gasteiger partial charge in [0.2, 0.25) is 0 Å². The lowest BCUT2D eigenvalue weighted by Crippen LogP contribution is -2.24. The van der Waals surface area contributed by atoms with Crippen LogP contribution in [0.2, 0.25) is 0 Å². The van der Waals surface area contributed by atoms with Gasteiger partial charge in [-0.2, -0.15) is 0 Å². The van der Waals surface area contributed by atoms with Gasteiger partial charge in [0, 0.05) is 12.2 Å². The number of hydrogen-bond acceptors (Lipinski definition) is 1. The Hall–Kier alpha value is -1.83. The summed E-state index contributed by atoms with van der Waals surface area (Å²) in [5.74, 6) is 0.401. The standard InChI is InChI=1S/C16H16FN/c17-15-6-3-4-12(10-15)8-13-9-14-5-1-2-7-16(14)18-11-13/h1-7,10,13,18H,8-9,11H2. The van der Waals surface area contributed by atoms with Gasteiger partial charge < -0.3 is 5.32 Å². The van der Waals surface area contributed by atoms with Crippen LogP contribution in [0.15, 0.2) is 48.5 Å². The smallest absolute Gasteiger partial charge is 0.123 e. The van der Waals surface area contributed by atoms with Crippen LogP contribution in [0.1, 0.15) is 11.1 Å². The summed E-state index contributed by atoms with van der Waals surface area (Å²) in [4.78, 5) is 0. The highest BCUT2D eigenvalue weighted by atomic mass is 19.1. The molecule has 0 aromatic heterocycles. The van der Waals surface area contributed by atoms with Crippen molar-refractivity contribution in [2.75, 3.05) is 11.9 Å². The minimum atomic E-state index is -0.142. The van der Waals surface area contributed by atoms with Gasteiger partial charge in [-0.3, -0.25) is 0 Å². The Kier molecular flexibility index (Phi) is 3.01. The summed E-state index contributed by atoms with van der Waals surface area (Å²) in [5.41, 5.74) is 3.69. The molecule has 3 rings (SSSR count). The normalized spacial score (nSPS) is 17.9. The van der Waals surface area contributed by atoms with E-state index in [9.17, 15) is 4.39 Å². The first-order chi connectivity index (χ1) is 8.81. The molecule has 0 amide bonds. The highest BCUT2D eigenvalue weighted by Gasteiger charge is 2.17. The predicted molar refractivity (Wildman–Crippen MR) is 72.2 cm³/mol. The molecule has 0 bridgehead atoms. The van der Waals surface area contributed by atoms with Crippen LogP contribution in [0.3, 0.4) is 0 Å². The molecule has 92 valence electrons. The summed E-state index contributed by atoms with van der Waals surface area (Å²) >= 11 is 0. The second-order valence-corrected chi connectivity index (χ2v) is 4.94. The molecule has 1 aliphatic rings.